The Balaban J connectivity index is 2.19. The van der Waals surface area contributed by atoms with E-state index in [1.165, 1.54) is 4.68 Å². The molecule has 2 aromatic rings. The first kappa shape index (κ1) is 15.9. The first-order valence-electron chi connectivity index (χ1n) is 6.44. The Hall–Kier alpha value is -2.51. The van der Waals surface area contributed by atoms with Gasteiger partial charge in [0, 0.05) is 18.0 Å². The van der Waals surface area contributed by atoms with Crippen LogP contribution in [0.5, 0.6) is 5.75 Å². The van der Waals surface area contributed by atoms with Gasteiger partial charge in [-0.3, -0.25) is 9.48 Å². The van der Waals surface area contributed by atoms with Crippen LogP contribution in [-0.4, -0.2) is 22.3 Å². The van der Waals surface area contributed by atoms with E-state index in [-0.39, 0.29) is 5.69 Å². The second kappa shape index (κ2) is 6.50. The number of nitrogens with zero attached hydrogens (tertiary/aromatic N) is 2. The highest BCUT2D eigenvalue weighted by molar-refractivity contribution is 5.94. The monoisotopic (exact) mass is 313 g/mol. The van der Waals surface area contributed by atoms with Gasteiger partial charge in [0.05, 0.1) is 5.69 Å². The van der Waals surface area contributed by atoms with Crippen molar-refractivity contribution in [3.63, 3.8) is 0 Å². The molecule has 1 amide bonds. The topological polar surface area (TPSA) is 56.2 Å². The summed E-state index contributed by atoms with van der Waals surface area (Å²) in [5.74, 6) is -1.67. The highest BCUT2D eigenvalue weighted by Crippen LogP contribution is 2.28. The smallest absolute Gasteiger partial charge is 0.387 e. The van der Waals surface area contributed by atoms with Gasteiger partial charge < -0.3 is 10.1 Å². The summed E-state index contributed by atoms with van der Waals surface area (Å²) in [5, 5.41) is 6.44. The molecule has 0 radical (unpaired) electrons. The molecule has 1 aromatic carbocycles. The maximum atomic E-state index is 13.1. The molecule has 0 aliphatic heterocycles. The normalized spacial score (nSPS) is 12.3. The average molecular weight is 313 g/mol. The van der Waals surface area contributed by atoms with Gasteiger partial charge in [0.2, 0.25) is 5.91 Å². The second-order valence-corrected chi connectivity index (χ2v) is 4.60. The van der Waals surface area contributed by atoms with Gasteiger partial charge >= 0.3 is 6.61 Å². The number of carbonyl (C=O) groups excluding carboxylic acids is 1. The summed E-state index contributed by atoms with van der Waals surface area (Å²) < 4.78 is 43.5. The van der Waals surface area contributed by atoms with Crippen LogP contribution in [0.15, 0.2) is 30.5 Å². The molecule has 0 saturated heterocycles. The lowest BCUT2D eigenvalue weighted by Gasteiger charge is -2.16. The van der Waals surface area contributed by atoms with E-state index in [4.69, 9.17) is 0 Å². The Morgan fingerprint density at radius 3 is 2.68 bits per heavy atom. The minimum Gasteiger partial charge on any atom is -0.432 e. The van der Waals surface area contributed by atoms with Crippen molar-refractivity contribution in [2.75, 3.05) is 5.32 Å². The van der Waals surface area contributed by atoms with Crippen molar-refractivity contribution in [2.24, 2.45) is 0 Å². The minimum absolute atomic E-state index is 0.0386. The van der Waals surface area contributed by atoms with Crippen LogP contribution in [-0.2, 0) is 4.79 Å². The fraction of sp³-hybridized carbons (Fsp3) is 0.286. The molecule has 0 fully saturated rings. The van der Waals surface area contributed by atoms with Gasteiger partial charge in [-0.2, -0.15) is 13.9 Å². The summed E-state index contributed by atoms with van der Waals surface area (Å²) >= 11 is 0. The van der Waals surface area contributed by atoms with E-state index in [1.54, 1.807) is 26.1 Å². The summed E-state index contributed by atoms with van der Waals surface area (Å²) in [4.78, 5) is 12.2. The summed E-state index contributed by atoms with van der Waals surface area (Å²) in [6, 6.07) is 4.05. The third-order valence-electron chi connectivity index (χ3n) is 3.03. The number of amides is 1. The quantitative estimate of drug-likeness (QED) is 0.922. The number of nitrogens with one attached hydrogen (secondary N) is 1. The number of rotatable bonds is 5. The molecule has 1 N–H and O–H groups in total. The fourth-order valence-corrected chi connectivity index (χ4v) is 1.93. The Labute approximate surface area is 124 Å². The van der Waals surface area contributed by atoms with Crippen molar-refractivity contribution in [3.05, 3.63) is 42.0 Å². The summed E-state index contributed by atoms with van der Waals surface area (Å²) in [6.45, 7) is 0.259. The van der Waals surface area contributed by atoms with Gasteiger partial charge in [-0.15, -0.1) is 0 Å². The van der Waals surface area contributed by atoms with Crippen LogP contribution in [0.2, 0.25) is 0 Å². The number of halogens is 3. The van der Waals surface area contributed by atoms with Gasteiger partial charge in [-0.1, -0.05) is 0 Å². The molecule has 0 saturated carbocycles. The predicted octanol–water partition coefficient (Wildman–Crippen LogP) is 3.13. The van der Waals surface area contributed by atoms with Crippen molar-refractivity contribution in [3.8, 4) is 5.75 Å². The maximum Gasteiger partial charge on any atom is 0.387 e. The number of aromatic nitrogens is 2. The van der Waals surface area contributed by atoms with E-state index < -0.39 is 30.1 Å². The van der Waals surface area contributed by atoms with E-state index in [9.17, 15) is 18.0 Å². The Morgan fingerprint density at radius 1 is 1.36 bits per heavy atom. The Morgan fingerprint density at radius 2 is 2.09 bits per heavy atom. The first-order chi connectivity index (χ1) is 10.4. The minimum atomic E-state index is -3.12. The van der Waals surface area contributed by atoms with Crippen LogP contribution in [0.1, 0.15) is 18.7 Å². The maximum absolute atomic E-state index is 13.1. The molecule has 1 atom stereocenters. The third kappa shape index (κ3) is 3.57. The van der Waals surface area contributed by atoms with Crippen molar-refractivity contribution in [1.29, 1.82) is 0 Å². The average Bonchev–Trinajstić information content (AvgIpc) is 2.86. The number of benzene rings is 1. The number of ether oxygens (including phenoxy) is 1. The van der Waals surface area contributed by atoms with E-state index in [0.29, 0.717) is 0 Å². The molecule has 8 heteroatoms. The largest absolute Gasteiger partial charge is 0.432 e. The fourth-order valence-electron chi connectivity index (χ4n) is 1.93. The number of aryl methyl sites for hydroxylation is 1. The number of hydrogen-bond acceptors (Lipinski definition) is 3. The van der Waals surface area contributed by atoms with E-state index in [0.717, 1.165) is 23.9 Å². The van der Waals surface area contributed by atoms with Gasteiger partial charge in [0.15, 0.2) is 5.75 Å². The van der Waals surface area contributed by atoms with E-state index >= 15 is 0 Å². The molecule has 5 nitrogen and oxygen atoms in total. The molecular formula is C14H14F3N3O2. The zero-order chi connectivity index (χ0) is 16.3. The lowest BCUT2D eigenvalue weighted by atomic mass is 10.2. The third-order valence-corrected chi connectivity index (χ3v) is 3.03. The summed E-state index contributed by atoms with van der Waals surface area (Å²) in [7, 11) is 0. The molecule has 0 spiro atoms. The van der Waals surface area contributed by atoms with Crippen LogP contribution < -0.4 is 10.1 Å². The predicted molar refractivity (Wildman–Crippen MR) is 73.3 cm³/mol. The standard InChI is InChI=1S/C14H14F3N3O2/c1-8-5-6-18-20(8)9(2)13(21)19-11-4-3-10(15)7-12(11)22-14(16)17/h3-7,9,14H,1-2H3,(H,19,21). The molecule has 0 aliphatic carbocycles. The Kier molecular flexibility index (Phi) is 4.69. The van der Waals surface area contributed by atoms with Crippen molar-refractivity contribution >= 4 is 11.6 Å². The molecule has 0 bridgehead atoms. The highest BCUT2D eigenvalue weighted by Gasteiger charge is 2.19. The van der Waals surface area contributed by atoms with Crippen molar-refractivity contribution in [2.45, 2.75) is 26.5 Å². The van der Waals surface area contributed by atoms with Crippen LogP contribution >= 0.6 is 0 Å². The second-order valence-electron chi connectivity index (χ2n) is 4.60. The number of carbonyl (C=O) groups is 1. The van der Waals surface area contributed by atoms with E-state index in [1.807, 2.05) is 0 Å². The lowest BCUT2D eigenvalue weighted by molar-refractivity contribution is -0.119. The molecule has 1 heterocycles. The van der Waals surface area contributed by atoms with Gasteiger partial charge in [0.1, 0.15) is 11.9 Å². The zero-order valence-electron chi connectivity index (χ0n) is 11.9. The van der Waals surface area contributed by atoms with Crippen LogP contribution in [0.3, 0.4) is 0 Å². The van der Waals surface area contributed by atoms with Crippen LogP contribution in [0.25, 0.3) is 0 Å². The molecule has 1 aromatic heterocycles. The molecule has 22 heavy (non-hydrogen) atoms. The van der Waals surface area contributed by atoms with Crippen LogP contribution in [0, 0.1) is 12.7 Å². The number of alkyl halides is 2. The molecule has 118 valence electrons. The molecular weight excluding hydrogens is 299 g/mol. The SMILES string of the molecule is Cc1ccnn1C(C)C(=O)Nc1ccc(F)cc1OC(F)F. The zero-order valence-corrected chi connectivity index (χ0v) is 11.9. The summed E-state index contributed by atoms with van der Waals surface area (Å²) in [6.07, 6.45) is 1.54. The first-order valence-corrected chi connectivity index (χ1v) is 6.44. The Bertz CT molecular complexity index is 673. The molecule has 1 unspecified atom stereocenters. The molecule has 0 aliphatic rings. The van der Waals surface area contributed by atoms with Gasteiger partial charge in [-0.25, -0.2) is 4.39 Å². The summed E-state index contributed by atoms with van der Waals surface area (Å²) in [5.41, 5.74) is 0.731. The van der Waals surface area contributed by atoms with Gasteiger partial charge in [0.25, 0.3) is 0 Å². The molecule has 2 rings (SSSR count). The van der Waals surface area contributed by atoms with Gasteiger partial charge in [-0.05, 0) is 32.0 Å². The lowest BCUT2D eigenvalue weighted by Crippen LogP contribution is -2.25. The highest BCUT2D eigenvalue weighted by atomic mass is 19.3. The number of hydrogen-bond donors (Lipinski definition) is 1. The van der Waals surface area contributed by atoms with Crippen molar-refractivity contribution < 1.29 is 22.7 Å². The van der Waals surface area contributed by atoms with Crippen molar-refractivity contribution in [1.82, 2.24) is 9.78 Å². The van der Waals surface area contributed by atoms with E-state index in [2.05, 4.69) is 15.2 Å². The van der Waals surface area contributed by atoms with Crippen LogP contribution in [0.4, 0.5) is 18.9 Å². The number of anilines is 1.